The Morgan fingerprint density at radius 3 is 2.30 bits per heavy atom. The Morgan fingerprint density at radius 2 is 1.83 bits per heavy atom. The van der Waals surface area contributed by atoms with E-state index in [1.165, 1.54) is 0 Å². The zero-order valence-electron chi connectivity index (χ0n) is 19.6. The van der Waals surface area contributed by atoms with Crippen molar-refractivity contribution in [3.05, 3.63) is 28.2 Å². The molecular formula is C22H40BrClN4O2. The molecule has 2 rings (SSSR count). The van der Waals surface area contributed by atoms with Crippen LogP contribution in [0.25, 0.3) is 0 Å². The maximum atomic E-state index is 11.5. The minimum absolute atomic E-state index is 0.200. The first kappa shape index (κ1) is 30.9. The second kappa shape index (κ2) is 18.5. The van der Waals surface area contributed by atoms with Crippen molar-refractivity contribution in [2.75, 3.05) is 44.3 Å². The average molecular weight is 508 g/mol. The van der Waals surface area contributed by atoms with Gasteiger partial charge < -0.3 is 20.7 Å². The fourth-order valence-corrected chi connectivity index (χ4v) is 2.65. The summed E-state index contributed by atoms with van der Waals surface area (Å²) in [6, 6.07) is 5.66. The van der Waals surface area contributed by atoms with E-state index in [1.54, 1.807) is 11.1 Å². The van der Waals surface area contributed by atoms with Gasteiger partial charge in [-0.3, -0.25) is 4.99 Å². The molecule has 174 valence electrons. The standard InChI is InChI=1S/C9H10BrClN2.C9H18N2O2.2C2H6/c10-8-2-1-3-9(12)7(8)6-13-5-4-11;1-9(2,3)13-8(12)11-6-4-10-5-7-11;2*1-2/h1-3,6H,4-5,12H2;10H,4-7H2,1-3H3;2*1-2H3. The molecule has 1 heterocycles. The first-order chi connectivity index (χ1) is 14.2. The van der Waals surface area contributed by atoms with Crippen molar-refractivity contribution in [3.8, 4) is 0 Å². The normalized spacial score (nSPS) is 13.2. The Balaban J connectivity index is 0. The van der Waals surface area contributed by atoms with Crippen molar-refractivity contribution >= 4 is 45.5 Å². The molecule has 0 radical (unpaired) electrons. The van der Waals surface area contributed by atoms with E-state index in [9.17, 15) is 4.79 Å². The van der Waals surface area contributed by atoms with E-state index >= 15 is 0 Å². The molecule has 1 aromatic carbocycles. The number of nitrogens with zero attached hydrogens (tertiary/aromatic N) is 2. The average Bonchev–Trinajstić information content (AvgIpc) is 2.73. The third kappa shape index (κ3) is 14.6. The van der Waals surface area contributed by atoms with Crippen LogP contribution in [0.2, 0.25) is 0 Å². The summed E-state index contributed by atoms with van der Waals surface area (Å²) < 4.78 is 6.19. The molecule has 0 unspecified atom stereocenters. The topological polar surface area (TPSA) is 80.0 Å². The quantitative estimate of drug-likeness (QED) is 0.318. The molecule has 1 fully saturated rings. The summed E-state index contributed by atoms with van der Waals surface area (Å²) in [6.07, 6.45) is 1.54. The van der Waals surface area contributed by atoms with Crippen molar-refractivity contribution in [3.63, 3.8) is 0 Å². The second-order valence-electron chi connectivity index (χ2n) is 6.68. The molecule has 3 N–H and O–H groups in total. The summed E-state index contributed by atoms with van der Waals surface area (Å²) in [5, 5.41) is 3.18. The highest BCUT2D eigenvalue weighted by Gasteiger charge is 2.22. The SMILES string of the molecule is CC.CC.CC(C)(C)OC(=O)N1CCNCC1.Nc1cccc(Br)c1C=NCCCl. The number of rotatable bonds is 3. The van der Waals surface area contributed by atoms with Crippen LogP contribution >= 0.6 is 27.5 Å². The third-order valence-corrected chi connectivity index (χ3v) is 4.15. The number of ether oxygens (including phenoxy) is 1. The molecule has 0 aliphatic carbocycles. The highest BCUT2D eigenvalue weighted by Crippen LogP contribution is 2.20. The molecule has 0 atom stereocenters. The van der Waals surface area contributed by atoms with E-state index in [0.717, 1.165) is 36.2 Å². The Kier molecular flexibility index (Phi) is 19.0. The number of carbonyl (C=O) groups excluding carboxylic acids is 1. The zero-order chi connectivity index (χ0) is 23.6. The van der Waals surface area contributed by atoms with Crippen molar-refractivity contribution < 1.29 is 9.53 Å². The molecule has 1 aliphatic rings. The minimum atomic E-state index is -0.387. The fourth-order valence-electron chi connectivity index (χ4n) is 2.07. The number of aliphatic imine (C=N–C) groups is 1. The first-order valence-corrected chi connectivity index (χ1v) is 11.9. The largest absolute Gasteiger partial charge is 0.444 e. The highest BCUT2D eigenvalue weighted by atomic mass is 79.9. The van der Waals surface area contributed by atoms with Gasteiger partial charge in [0.2, 0.25) is 0 Å². The molecule has 0 aromatic heterocycles. The van der Waals surface area contributed by atoms with Crippen LogP contribution < -0.4 is 11.1 Å². The Bertz CT molecular complexity index is 581. The summed E-state index contributed by atoms with van der Waals surface area (Å²) in [4.78, 5) is 17.3. The van der Waals surface area contributed by atoms with Gasteiger partial charge in [-0.2, -0.15) is 0 Å². The van der Waals surface area contributed by atoms with Gasteiger partial charge in [0.05, 0.1) is 6.54 Å². The van der Waals surface area contributed by atoms with E-state index < -0.39 is 0 Å². The summed E-state index contributed by atoms with van der Waals surface area (Å²) in [6.45, 7) is 17.5. The van der Waals surface area contributed by atoms with Crippen LogP contribution in [0.15, 0.2) is 27.7 Å². The van der Waals surface area contributed by atoms with Gasteiger partial charge in [0.1, 0.15) is 5.60 Å². The molecule has 0 bridgehead atoms. The number of benzene rings is 1. The zero-order valence-corrected chi connectivity index (χ0v) is 21.9. The molecular weight excluding hydrogens is 468 g/mol. The summed E-state index contributed by atoms with van der Waals surface area (Å²) in [5.41, 5.74) is 6.99. The minimum Gasteiger partial charge on any atom is -0.444 e. The van der Waals surface area contributed by atoms with E-state index in [4.69, 9.17) is 22.1 Å². The number of nitrogen functional groups attached to an aromatic ring is 1. The van der Waals surface area contributed by atoms with Crippen LogP contribution in [0, 0.1) is 0 Å². The second-order valence-corrected chi connectivity index (χ2v) is 7.92. The maximum Gasteiger partial charge on any atom is 0.410 e. The number of piperazine rings is 1. The van der Waals surface area contributed by atoms with Gasteiger partial charge in [-0.15, -0.1) is 11.6 Å². The van der Waals surface area contributed by atoms with E-state index in [0.29, 0.717) is 18.1 Å². The smallest absolute Gasteiger partial charge is 0.410 e. The van der Waals surface area contributed by atoms with Gasteiger partial charge in [0, 0.05) is 54.0 Å². The van der Waals surface area contributed by atoms with Crippen molar-refractivity contribution in [1.82, 2.24) is 10.2 Å². The number of alkyl halides is 1. The fraction of sp³-hybridized carbons (Fsp3) is 0.636. The lowest BCUT2D eigenvalue weighted by atomic mass is 10.2. The summed E-state index contributed by atoms with van der Waals surface area (Å²) >= 11 is 8.89. The van der Waals surface area contributed by atoms with Gasteiger partial charge in [-0.1, -0.05) is 49.7 Å². The van der Waals surface area contributed by atoms with Gasteiger partial charge >= 0.3 is 6.09 Å². The van der Waals surface area contributed by atoms with Crippen LogP contribution in [0.3, 0.4) is 0 Å². The highest BCUT2D eigenvalue weighted by molar-refractivity contribution is 9.10. The van der Waals surface area contributed by atoms with Crippen LogP contribution in [0.1, 0.15) is 54.0 Å². The number of amides is 1. The van der Waals surface area contributed by atoms with Crippen molar-refractivity contribution in [2.24, 2.45) is 4.99 Å². The Hall–Kier alpha value is -1.31. The summed E-state index contributed by atoms with van der Waals surface area (Å²) in [7, 11) is 0. The van der Waals surface area contributed by atoms with Gasteiger partial charge in [0.25, 0.3) is 0 Å². The van der Waals surface area contributed by atoms with Crippen LogP contribution in [-0.4, -0.2) is 61.4 Å². The van der Waals surface area contributed by atoms with Gasteiger partial charge in [-0.05, 0) is 32.9 Å². The van der Waals surface area contributed by atoms with Crippen LogP contribution in [0.5, 0.6) is 0 Å². The van der Waals surface area contributed by atoms with Crippen LogP contribution in [0.4, 0.5) is 10.5 Å². The molecule has 8 heteroatoms. The molecule has 0 spiro atoms. The molecule has 30 heavy (non-hydrogen) atoms. The maximum absolute atomic E-state index is 11.5. The molecule has 0 saturated carbocycles. The Labute approximate surface area is 196 Å². The van der Waals surface area contributed by atoms with E-state index in [-0.39, 0.29) is 11.7 Å². The monoisotopic (exact) mass is 506 g/mol. The number of anilines is 1. The number of nitrogens with one attached hydrogen (secondary N) is 1. The number of halogens is 2. The molecule has 1 aromatic rings. The molecule has 1 amide bonds. The van der Waals surface area contributed by atoms with Crippen molar-refractivity contribution in [2.45, 2.75) is 54.1 Å². The van der Waals surface area contributed by atoms with Crippen molar-refractivity contribution in [1.29, 1.82) is 0 Å². The number of carbonyl (C=O) groups is 1. The van der Waals surface area contributed by atoms with E-state index in [2.05, 4.69) is 26.2 Å². The van der Waals surface area contributed by atoms with E-state index in [1.807, 2.05) is 66.7 Å². The first-order valence-electron chi connectivity index (χ1n) is 10.5. The lowest BCUT2D eigenvalue weighted by Crippen LogP contribution is -2.48. The predicted octanol–water partition coefficient (Wildman–Crippen LogP) is 5.57. The molecule has 1 saturated heterocycles. The number of hydrogen-bond donors (Lipinski definition) is 2. The van der Waals surface area contributed by atoms with Gasteiger partial charge in [0.15, 0.2) is 0 Å². The lowest BCUT2D eigenvalue weighted by Gasteiger charge is -2.30. The van der Waals surface area contributed by atoms with Crippen LogP contribution in [-0.2, 0) is 4.74 Å². The number of nitrogens with two attached hydrogens (primary N) is 1. The third-order valence-electron chi connectivity index (χ3n) is 3.29. The lowest BCUT2D eigenvalue weighted by molar-refractivity contribution is 0.0229. The number of hydrogen-bond acceptors (Lipinski definition) is 5. The molecule has 1 aliphatic heterocycles. The predicted molar refractivity (Wildman–Crippen MR) is 135 cm³/mol. The summed E-state index contributed by atoms with van der Waals surface area (Å²) in [5.74, 6) is 0.529. The molecule has 6 nitrogen and oxygen atoms in total. The van der Waals surface area contributed by atoms with Gasteiger partial charge in [-0.25, -0.2) is 4.79 Å². The Morgan fingerprint density at radius 1 is 1.27 bits per heavy atom.